The van der Waals surface area contributed by atoms with Gasteiger partial charge in [0.2, 0.25) is 5.95 Å². The summed E-state index contributed by atoms with van der Waals surface area (Å²) in [5.41, 5.74) is 13.1. The van der Waals surface area contributed by atoms with E-state index < -0.39 is 18.1 Å². The lowest BCUT2D eigenvalue weighted by atomic mass is 10.0. The molecule has 2 aromatic rings. The van der Waals surface area contributed by atoms with Gasteiger partial charge in [0.05, 0.1) is 19.1 Å². The second-order valence-corrected chi connectivity index (χ2v) is 12.3. The summed E-state index contributed by atoms with van der Waals surface area (Å²) in [6.07, 6.45) is 24.2. The van der Waals surface area contributed by atoms with Crippen LogP contribution in [0.2, 0.25) is 0 Å². The molecule has 0 fully saturated rings. The minimum atomic E-state index is -0.697. The first-order valence-electron chi connectivity index (χ1n) is 17.4. The van der Waals surface area contributed by atoms with Gasteiger partial charge < -0.3 is 25.5 Å². The molecule has 4 N–H and O–H groups in total. The number of nitrogens with two attached hydrogens (primary N) is 2. The molecule has 0 amide bonds. The lowest BCUT2D eigenvalue weighted by molar-refractivity contribution is -0.154. The zero-order valence-electron chi connectivity index (χ0n) is 27.8. The van der Waals surface area contributed by atoms with Gasteiger partial charge in [-0.3, -0.25) is 9.59 Å². The molecule has 2 heterocycles. The number of carbonyl (C=O) groups is 2. The van der Waals surface area contributed by atoms with E-state index in [-0.39, 0.29) is 24.4 Å². The minimum absolute atomic E-state index is 0.00755. The molecule has 0 saturated heterocycles. The van der Waals surface area contributed by atoms with Crippen molar-refractivity contribution in [3.05, 3.63) is 12.5 Å². The second-order valence-electron chi connectivity index (χ2n) is 12.3. The Morgan fingerprint density at radius 1 is 0.864 bits per heavy atom. The number of imidazole rings is 1. The number of hydrogen-bond acceptors (Lipinski definition) is 9. The maximum absolute atomic E-state index is 12.7. The van der Waals surface area contributed by atoms with E-state index in [0.717, 1.165) is 19.3 Å². The summed E-state index contributed by atoms with van der Waals surface area (Å²) in [5, 5.41) is 0. The molecule has 0 aliphatic carbocycles. The Bertz CT molecular complexity index is 1060. The molecule has 0 spiro atoms. The number of carbonyl (C=O) groups excluding carboxylic acids is 2. The molecule has 0 saturated carbocycles. The smallest absolute Gasteiger partial charge is 0.323 e. The van der Waals surface area contributed by atoms with E-state index in [9.17, 15) is 9.59 Å². The van der Waals surface area contributed by atoms with Crippen LogP contribution in [0.25, 0.3) is 11.2 Å². The van der Waals surface area contributed by atoms with Crippen LogP contribution in [0.1, 0.15) is 143 Å². The fourth-order valence-corrected chi connectivity index (χ4v) is 5.32. The molecule has 2 aromatic heterocycles. The van der Waals surface area contributed by atoms with Gasteiger partial charge in [-0.25, -0.2) is 9.97 Å². The third-order valence-corrected chi connectivity index (χ3v) is 8.57. The molecule has 0 aliphatic rings. The Balaban J connectivity index is 1.62. The molecule has 0 bridgehead atoms. The fraction of sp³-hybridized carbons (Fsp3) is 0.794. The third kappa shape index (κ3) is 15.3. The van der Waals surface area contributed by atoms with E-state index in [2.05, 4.69) is 21.9 Å². The first kappa shape index (κ1) is 37.4. The number of nitrogens with zero attached hydrogens (tertiary/aromatic N) is 4. The largest absolute Gasteiger partial charge is 0.466 e. The van der Waals surface area contributed by atoms with Crippen molar-refractivity contribution in [2.45, 2.75) is 161 Å². The number of rotatable bonds is 26. The van der Waals surface area contributed by atoms with Crippen molar-refractivity contribution in [1.29, 1.82) is 0 Å². The maximum Gasteiger partial charge on any atom is 0.323 e. The van der Waals surface area contributed by atoms with Crippen molar-refractivity contribution in [2.75, 3.05) is 12.3 Å². The molecule has 0 aromatic carbocycles. The predicted molar refractivity (Wildman–Crippen MR) is 177 cm³/mol. The minimum Gasteiger partial charge on any atom is -0.466 e. The van der Waals surface area contributed by atoms with Gasteiger partial charge in [0.1, 0.15) is 17.7 Å². The second kappa shape index (κ2) is 22.7. The van der Waals surface area contributed by atoms with Gasteiger partial charge in [-0.05, 0) is 12.3 Å². The summed E-state index contributed by atoms with van der Waals surface area (Å²) in [6.45, 7) is 6.88. The standard InChI is InChI=1S/C34H60N6O4/c1-4-6-7-8-9-10-11-12-13-14-15-16-17-18-19-20-30(41)43-24-22-28(44-33(42)31(35)27(3)5-2)21-23-40-26-38-29-25-37-34(36)39-32(29)40/h25-28,31H,4-24,35H2,1-3H3,(H2,36,37,39)/t27-,28?,31-/m0/s1. The van der Waals surface area contributed by atoms with Crippen LogP contribution >= 0.6 is 0 Å². The van der Waals surface area contributed by atoms with E-state index in [4.69, 9.17) is 20.9 Å². The van der Waals surface area contributed by atoms with Gasteiger partial charge in [0.25, 0.3) is 0 Å². The highest BCUT2D eigenvalue weighted by atomic mass is 16.6. The molecule has 0 radical (unpaired) electrons. The average Bonchev–Trinajstić information content (AvgIpc) is 3.42. The molecule has 10 nitrogen and oxygen atoms in total. The van der Waals surface area contributed by atoms with Gasteiger partial charge in [-0.2, -0.15) is 4.98 Å². The highest BCUT2D eigenvalue weighted by Gasteiger charge is 2.25. The van der Waals surface area contributed by atoms with Gasteiger partial charge in [0, 0.05) is 25.8 Å². The van der Waals surface area contributed by atoms with E-state index in [1.54, 1.807) is 12.5 Å². The summed E-state index contributed by atoms with van der Waals surface area (Å²) >= 11 is 0. The molecule has 3 atom stereocenters. The Morgan fingerprint density at radius 2 is 1.45 bits per heavy atom. The number of nitrogen functional groups attached to an aromatic ring is 1. The summed E-state index contributed by atoms with van der Waals surface area (Å²) in [5.74, 6) is -0.458. The lowest BCUT2D eigenvalue weighted by Gasteiger charge is -2.23. The maximum atomic E-state index is 12.7. The van der Waals surface area contributed by atoms with Crippen molar-refractivity contribution in [2.24, 2.45) is 11.7 Å². The van der Waals surface area contributed by atoms with Crippen molar-refractivity contribution >= 4 is 29.1 Å². The Hall–Kier alpha value is -2.75. The monoisotopic (exact) mass is 616 g/mol. The topological polar surface area (TPSA) is 148 Å². The predicted octanol–water partition coefficient (Wildman–Crippen LogP) is 7.28. The zero-order chi connectivity index (χ0) is 32.0. The first-order chi connectivity index (χ1) is 21.3. The average molecular weight is 617 g/mol. The van der Waals surface area contributed by atoms with Gasteiger partial charge in [0.15, 0.2) is 5.65 Å². The first-order valence-corrected chi connectivity index (χ1v) is 17.4. The highest BCUT2D eigenvalue weighted by Crippen LogP contribution is 2.17. The Kier molecular flexibility index (Phi) is 19.3. The van der Waals surface area contributed by atoms with Gasteiger partial charge in [-0.15, -0.1) is 0 Å². The highest BCUT2D eigenvalue weighted by molar-refractivity contribution is 5.76. The number of fused-ring (bicyclic) bond motifs is 1. The van der Waals surface area contributed by atoms with Crippen molar-refractivity contribution in [1.82, 2.24) is 19.5 Å². The Labute approximate surface area is 265 Å². The van der Waals surface area contributed by atoms with Crippen LogP contribution < -0.4 is 11.5 Å². The number of anilines is 1. The van der Waals surface area contributed by atoms with Gasteiger partial charge in [-0.1, -0.05) is 117 Å². The van der Waals surface area contributed by atoms with Gasteiger partial charge >= 0.3 is 11.9 Å². The normalized spacial score (nSPS) is 13.5. The summed E-state index contributed by atoms with van der Waals surface area (Å²) < 4.78 is 13.2. The quantitative estimate of drug-likeness (QED) is 0.0821. The number of ether oxygens (including phenoxy) is 2. The van der Waals surface area contributed by atoms with Crippen molar-refractivity contribution in [3.63, 3.8) is 0 Å². The van der Waals surface area contributed by atoms with Crippen LogP contribution in [0.5, 0.6) is 0 Å². The number of aryl methyl sites for hydroxylation is 1. The van der Waals surface area contributed by atoms with Crippen LogP contribution in [-0.4, -0.2) is 50.2 Å². The third-order valence-electron chi connectivity index (χ3n) is 8.57. The number of aromatic nitrogens is 4. The van der Waals surface area contributed by atoms with Crippen LogP contribution in [0.4, 0.5) is 5.95 Å². The lowest BCUT2D eigenvalue weighted by Crippen LogP contribution is -2.40. The summed E-state index contributed by atoms with van der Waals surface area (Å²) in [7, 11) is 0. The Morgan fingerprint density at radius 3 is 2.05 bits per heavy atom. The van der Waals surface area contributed by atoms with Crippen LogP contribution in [0, 0.1) is 5.92 Å². The number of esters is 2. The molecular weight excluding hydrogens is 556 g/mol. The molecular formula is C34H60N6O4. The molecule has 0 aliphatic heterocycles. The van der Waals surface area contributed by atoms with E-state index in [0.29, 0.717) is 37.0 Å². The van der Waals surface area contributed by atoms with E-state index in [1.165, 1.54) is 83.5 Å². The van der Waals surface area contributed by atoms with Crippen molar-refractivity contribution < 1.29 is 19.1 Å². The zero-order valence-corrected chi connectivity index (χ0v) is 27.8. The number of hydrogen-bond donors (Lipinski definition) is 2. The van der Waals surface area contributed by atoms with Crippen LogP contribution in [0.3, 0.4) is 0 Å². The summed E-state index contributed by atoms with van der Waals surface area (Å²) in [6, 6.07) is -0.697. The molecule has 2 rings (SSSR count). The number of unbranched alkanes of at least 4 members (excludes halogenated alkanes) is 14. The van der Waals surface area contributed by atoms with E-state index in [1.807, 2.05) is 18.4 Å². The fourth-order valence-electron chi connectivity index (χ4n) is 5.32. The van der Waals surface area contributed by atoms with Crippen molar-refractivity contribution in [3.8, 4) is 0 Å². The van der Waals surface area contributed by atoms with Crippen LogP contribution in [-0.2, 0) is 25.6 Å². The molecule has 250 valence electrons. The molecule has 44 heavy (non-hydrogen) atoms. The van der Waals surface area contributed by atoms with E-state index >= 15 is 0 Å². The molecule has 10 heteroatoms. The van der Waals surface area contributed by atoms with Crippen LogP contribution in [0.15, 0.2) is 12.5 Å². The summed E-state index contributed by atoms with van der Waals surface area (Å²) in [4.78, 5) is 37.6. The molecule has 1 unspecified atom stereocenters. The SMILES string of the molecule is CCCCCCCCCCCCCCCCCC(=O)OCCC(CCn1cnc2cnc(N)nc21)OC(=O)[C@@H](N)[C@@H](C)CC.